The van der Waals surface area contributed by atoms with Crippen LogP contribution in [0.15, 0.2) is 24.3 Å². The third-order valence-corrected chi connectivity index (χ3v) is 3.73. The molecule has 1 unspecified atom stereocenters. The molecule has 96 valence electrons. The maximum absolute atomic E-state index is 10.0. The molecule has 0 spiro atoms. The normalized spacial score (nSPS) is 12.8. The van der Waals surface area contributed by atoms with Crippen molar-refractivity contribution in [2.24, 2.45) is 5.92 Å². The molecule has 0 aliphatic carbocycles. The van der Waals surface area contributed by atoms with Crippen molar-refractivity contribution in [3.05, 3.63) is 29.8 Å². The van der Waals surface area contributed by atoms with Crippen molar-refractivity contribution < 1.29 is 9.84 Å². The van der Waals surface area contributed by atoms with Crippen LogP contribution >= 0.6 is 11.8 Å². The molecule has 1 aromatic rings. The molecule has 17 heavy (non-hydrogen) atoms. The van der Waals surface area contributed by atoms with Gasteiger partial charge in [0.2, 0.25) is 0 Å². The summed E-state index contributed by atoms with van der Waals surface area (Å²) in [6.45, 7) is 6.99. The van der Waals surface area contributed by atoms with Crippen LogP contribution in [0.3, 0.4) is 0 Å². The minimum Gasteiger partial charge on any atom is -0.494 e. The first-order valence-corrected chi connectivity index (χ1v) is 7.27. The molecule has 2 nitrogen and oxygen atoms in total. The fourth-order valence-corrected chi connectivity index (χ4v) is 2.51. The summed E-state index contributed by atoms with van der Waals surface area (Å²) in [5.41, 5.74) is 0.937. The Labute approximate surface area is 108 Å². The molecule has 1 rings (SSSR count). The summed E-state index contributed by atoms with van der Waals surface area (Å²) in [6.07, 6.45) is -0.404. The SMILES string of the molecule is CCOc1cccc(C(O)CSCC(C)C)c1. The van der Waals surface area contributed by atoms with E-state index in [0.29, 0.717) is 12.5 Å². The molecular formula is C14H22O2S. The first-order valence-electron chi connectivity index (χ1n) is 6.12. The average molecular weight is 254 g/mol. The zero-order valence-electron chi connectivity index (χ0n) is 10.8. The van der Waals surface area contributed by atoms with Crippen LogP contribution in [-0.4, -0.2) is 23.2 Å². The van der Waals surface area contributed by atoms with Crippen LogP contribution < -0.4 is 4.74 Å². The topological polar surface area (TPSA) is 29.5 Å². The molecule has 1 atom stereocenters. The number of aliphatic hydroxyl groups excluding tert-OH is 1. The predicted octanol–water partition coefficient (Wildman–Crippen LogP) is 3.51. The number of benzene rings is 1. The second-order valence-electron chi connectivity index (χ2n) is 4.45. The number of ether oxygens (including phenoxy) is 1. The Hall–Kier alpha value is -0.670. The Kier molecular flexibility index (Phi) is 6.45. The first kappa shape index (κ1) is 14.4. The van der Waals surface area contributed by atoms with Gasteiger partial charge in [0.15, 0.2) is 0 Å². The van der Waals surface area contributed by atoms with E-state index in [1.807, 2.05) is 31.2 Å². The van der Waals surface area contributed by atoms with Crippen molar-refractivity contribution in [2.45, 2.75) is 26.9 Å². The number of hydrogen-bond donors (Lipinski definition) is 1. The Balaban J connectivity index is 2.50. The zero-order valence-corrected chi connectivity index (χ0v) is 11.7. The van der Waals surface area contributed by atoms with Crippen LogP contribution in [0.2, 0.25) is 0 Å². The predicted molar refractivity (Wildman–Crippen MR) is 74.7 cm³/mol. The molecule has 0 saturated carbocycles. The molecule has 0 aliphatic heterocycles. The van der Waals surface area contributed by atoms with Gasteiger partial charge in [-0.25, -0.2) is 0 Å². The molecule has 0 amide bonds. The second-order valence-corrected chi connectivity index (χ2v) is 5.53. The molecule has 3 heteroatoms. The number of rotatable bonds is 7. The number of aliphatic hydroxyl groups is 1. The third kappa shape index (κ3) is 5.46. The van der Waals surface area contributed by atoms with Crippen LogP contribution in [0.25, 0.3) is 0 Å². The fourth-order valence-electron chi connectivity index (χ4n) is 1.49. The summed E-state index contributed by atoms with van der Waals surface area (Å²) in [4.78, 5) is 0. The fraction of sp³-hybridized carbons (Fsp3) is 0.571. The molecule has 0 aromatic heterocycles. The van der Waals surface area contributed by atoms with Gasteiger partial charge in [0.1, 0.15) is 5.75 Å². The van der Waals surface area contributed by atoms with Crippen molar-refractivity contribution in [3.63, 3.8) is 0 Å². The quantitative estimate of drug-likeness (QED) is 0.807. The lowest BCUT2D eigenvalue weighted by Gasteiger charge is -2.13. The van der Waals surface area contributed by atoms with E-state index >= 15 is 0 Å². The highest BCUT2D eigenvalue weighted by molar-refractivity contribution is 7.99. The number of hydrogen-bond acceptors (Lipinski definition) is 3. The molecule has 0 fully saturated rings. The van der Waals surface area contributed by atoms with E-state index in [-0.39, 0.29) is 0 Å². The highest BCUT2D eigenvalue weighted by Gasteiger charge is 2.09. The van der Waals surface area contributed by atoms with Gasteiger partial charge in [-0.2, -0.15) is 11.8 Å². The molecular weight excluding hydrogens is 232 g/mol. The van der Waals surface area contributed by atoms with Crippen molar-refractivity contribution in [1.29, 1.82) is 0 Å². The Morgan fingerprint density at radius 2 is 2.06 bits per heavy atom. The third-order valence-electron chi connectivity index (χ3n) is 2.28. The maximum atomic E-state index is 10.0. The van der Waals surface area contributed by atoms with E-state index in [1.54, 1.807) is 11.8 Å². The molecule has 1 N–H and O–H groups in total. The number of thioether (sulfide) groups is 1. The second kappa shape index (κ2) is 7.62. The highest BCUT2D eigenvalue weighted by atomic mass is 32.2. The Bertz CT molecular complexity index is 326. The lowest BCUT2D eigenvalue weighted by molar-refractivity contribution is 0.203. The van der Waals surface area contributed by atoms with Crippen LogP contribution in [0.1, 0.15) is 32.4 Å². The summed E-state index contributed by atoms with van der Waals surface area (Å²) < 4.78 is 5.42. The largest absolute Gasteiger partial charge is 0.494 e. The summed E-state index contributed by atoms with van der Waals surface area (Å²) in [7, 11) is 0. The molecule has 0 radical (unpaired) electrons. The van der Waals surface area contributed by atoms with E-state index in [9.17, 15) is 5.11 Å². The van der Waals surface area contributed by atoms with Gasteiger partial charge in [0, 0.05) is 5.75 Å². The highest BCUT2D eigenvalue weighted by Crippen LogP contribution is 2.23. The van der Waals surface area contributed by atoms with Gasteiger partial charge in [-0.3, -0.25) is 0 Å². The van der Waals surface area contributed by atoms with E-state index in [0.717, 1.165) is 22.8 Å². The van der Waals surface area contributed by atoms with Crippen LogP contribution in [0.4, 0.5) is 0 Å². The minimum absolute atomic E-state index is 0.404. The summed E-state index contributed by atoms with van der Waals surface area (Å²) >= 11 is 1.79. The first-order chi connectivity index (χ1) is 8.13. The molecule has 1 aromatic carbocycles. The van der Waals surface area contributed by atoms with Gasteiger partial charge < -0.3 is 9.84 Å². The van der Waals surface area contributed by atoms with Gasteiger partial charge in [0.25, 0.3) is 0 Å². The van der Waals surface area contributed by atoms with Crippen molar-refractivity contribution >= 4 is 11.8 Å². The summed E-state index contributed by atoms with van der Waals surface area (Å²) in [6, 6.07) is 7.71. The van der Waals surface area contributed by atoms with Gasteiger partial charge in [-0.05, 0) is 36.3 Å². The Morgan fingerprint density at radius 3 is 2.71 bits per heavy atom. The average Bonchev–Trinajstić information content (AvgIpc) is 2.29. The van der Waals surface area contributed by atoms with Crippen LogP contribution in [0.5, 0.6) is 5.75 Å². The van der Waals surface area contributed by atoms with Crippen molar-refractivity contribution in [3.8, 4) is 5.75 Å². The lowest BCUT2D eigenvalue weighted by atomic mass is 10.1. The van der Waals surface area contributed by atoms with Crippen LogP contribution in [0, 0.1) is 5.92 Å². The smallest absolute Gasteiger partial charge is 0.119 e. The molecule has 0 bridgehead atoms. The maximum Gasteiger partial charge on any atom is 0.119 e. The van der Waals surface area contributed by atoms with E-state index < -0.39 is 6.10 Å². The summed E-state index contributed by atoms with van der Waals surface area (Å²) in [5, 5.41) is 10.0. The molecule has 0 saturated heterocycles. The standard InChI is InChI=1S/C14H22O2S/c1-4-16-13-7-5-6-12(8-13)14(15)10-17-9-11(2)3/h5-8,11,14-15H,4,9-10H2,1-3H3. The minimum atomic E-state index is -0.404. The van der Waals surface area contributed by atoms with Crippen molar-refractivity contribution in [2.75, 3.05) is 18.1 Å². The van der Waals surface area contributed by atoms with E-state index in [1.165, 1.54) is 0 Å². The van der Waals surface area contributed by atoms with Gasteiger partial charge in [0.05, 0.1) is 12.7 Å². The van der Waals surface area contributed by atoms with Crippen molar-refractivity contribution in [1.82, 2.24) is 0 Å². The van der Waals surface area contributed by atoms with Crippen LogP contribution in [-0.2, 0) is 0 Å². The molecule has 0 aliphatic rings. The van der Waals surface area contributed by atoms with E-state index in [4.69, 9.17) is 4.74 Å². The van der Waals surface area contributed by atoms with E-state index in [2.05, 4.69) is 13.8 Å². The van der Waals surface area contributed by atoms with Gasteiger partial charge in [-0.15, -0.1) is 0 Å². The lowest BCUT2D eigenvalue weighted by Crippen LogP contribution is -2.03. The zero-order chi connectivity index (χ0) is 12.7. The Morgan fingerprint density at radius 1 is 1.29 bits per heavy atom. The monoisotopic (exact) mass is 254 g/mol. The molecule has 0 heterocycles. The van der Waals surface area contributed by atoms with Gasteiger partial charge in [-0.1, -0.05) is 26.0 Å². The van der Waals surface area contributed by atoms with Gasteiger partial charge >= 0.3 is 0 Å². The summed E-state index contributed by atoms with van der Waals surface area (Å²) in [5.74, 6) is 3.33.